The van der Waals surface area contributed by atoms with Crippen LogP contribution < -0.4 is 5.32 Å². The van der Waals surface area contributed by atoms with Gasteiger partial charge in [0.25, 0.3) is 0 Å². The normalized spacial score (nSPS) is 17.9. The average molecular weight is 327 g/mol. The van der Waals surface area contributed by atoms with Gasteiger partial charge in [-0.2, -0.15) is 5.26 Å². The van der Waals surface area contributed by atoms with Crippen LogP contribution >= 0.6 is 0 Å². The second-order valence-electron chi connectivity index (χ2n) is 6.83. The van der Waals surface area contributed by atoms with E-state index in [2.05, 4.69) is 12.2 Å². The Balaban J connectivity index is 2.14. The number of nitrogens with zero attached hydrogens (tertiary/aromatic N) is 2. The SMILES string of the molecule is CCC1CCCCN1C(=O)C(C)(C)C(=O)Nc1cccc(C#N)c1. The number of hydrogen-bond acceptors (Lipinski definition) is 3. The third-order valence-electron chi connectivity index (χ3n) is 4.71. The maximum Gasteiger partial charge on any atom is 0.239 e. The standard InChI is InChI=1S/C19H25N3O2/c1-4-16-10-5-6-11-22(16)18(24)19(2,3)17(23)21-15-9-7-8-14(12-15)13-20/h7-9,12,16H,4-6,10-11H2,1-3H3,(H,21,23). The summed E-state index contributed by atoms with van der Waals surface area (Å²) in [4.78, 5) is 27.5. The number of rotatable bonds is 4. The molecular weight excluding hydrogens is 302 g/mol. The molecule has 1 unspecified atom stereocenters. The first-order chi connectivity index (χ1) is 11.4. The Morgan fingerprint density at radius 1 is 1.38 bits per heavy atom. The van der Waals surface area contributed by atoms with E-state index in [0.717, 1.165) is 32.2 Å². The summed E-state index contributed by atoms with van der Waals surface area (Å²) < 4.78 is 0. The molecule has 1 aliphatic heterocycles. The zero-order valence-corrected chi connectivity index (χ0v) is 14.6. The number of likely N-dealkylation sites (tertiary alicyclic amines) is 1. The Morgan fingerprint density at radius 3 is 2.79 bits per heavy atom. The van der Waals surface area contributed by atoms with Crippen molar-refractivity contribution in [2.24, 2.45) is 5.41 Å². The van der Waals surface area contributed by atoms with Crippen LogP contribution in [-0.2, 0) is 9.59 Å². The fourth-order valence-electron chi connectivity index (χ4n) is 3.10. The first-order valence-corrected chi connectivity index (χ1v) is 8.52. The zero-order valence-electron chi connectivity index (χ0n) is 14.6. The minimum atomic E-state index is -1.15. The number of nitriles is 1. The Hall–Kier alpha value is -2.35. The van der Waals surface area contributed by atoms with Crippen molar-refractivity contribution < 1.29 is 9.59 Å². The third kappa shape index (κ3) is 3.76. The minimum Gasteiger partial charge on any atom is -0.339 e. The van der Waals surface area contributed by atoms with Gasteiger partial charge in [-0.05, 0) is 57.7 Å². The van der Waals surface area contributed by atoms with Crippen LogP contribution in [0.15, 0.2) is 24.3 Å². The van der Waals surface area contributed by atoms with Crippen molar-refractivity contribution >= 4 is 17.5 Å². The second-order valence-corrected chi connectivity index (χ2v) is 6.83. The molecule has 128 valence electrons. The number of benzene rings is 1. The molecule has 0 aromatic heterocycles. The van der Waals surface area contributed by atoms with Crippen molar-refractivity contribution in [2.75, 3.05) is 11.9 Å². The molecule has 1 N–H and O–H groups in total. The molecule has 2 rings (SSSR count). The van der Waals surface area contributed by atoms with Crippen LogP contribution in [0.25, 0.3) is 0 Å². The molecule has 2 amide bonds. The Bertz CT molecular complexity index is 661. The molecule has 0 bridgehead atoms. The van der Waals surface area contributed by atoms with E-state index in [-0.39, 0.29) is 17.9 Å². The molecule has 1 fully saturated rings. The van der Waals surface area contributed by atoms with E-state index in [0.29, 0.717) is 11.3 Å². The molecule has 5 heteroatoms. The Labute approximate surface area is 143 Å². The molecule has 1 atom stereocenters. The predicted octanol–water partition coefficient (Wildman–Crippen LogP) is 3.31. The molecule has 1 saturated heterocycles. The lowest BCUT2D eigenvalue weighted by molar-refractivity contribution is -0.149. The van der Waals surface area contributed by atoms with E-state index in [4.69, 9.17) is 5.26 Å². The van der Waals surface area contributed by atoms with Gasteiger partial charge in [0.05, 0.1) is 11.6 Å². The molecule has 24 heavy (non-hydrogen) atoms. The summed E-state index contributed by atoms with van der Waals surface area (Å²) in [5, 5.41) is 11.7. The van der Waals surface area contributed by atoms with Gasteiger partial charge in [0, 0.05) is 18.3 Å². The molecule has 0 spiro atoms. The van der Waals surface area contributed by atoms with Crippen LogP contribution in [0.1, 0.15) is 52.0 Å². The number of anilines is 1. The Morgan fingerprint density at radius 2 is 2.12 bits per heavy atom. The van der Waals surface area contributed by atoms with E-state index >= 15 is 0 Å². The van der Waals surface area contributed by atoms with Crippen molar-refractivity contribution in [1.82, 2.24) is 4.90 Å². The van der Waals surface area contributed by atoms with Gasteiger partial charge in [-0.1, -0.05) is 13.0 Å². The number of carbonyl (C=O) groups is 2. The van der Waals surface area contributed by atoms with Gasteiger partial charge in [-0.15, -0.1) is 0 Å². The van der Waals surface area contributed by atoms with E-state index in [9.17, 15) is 9.59 Å². The topological polar surface area (TPSA) is 73.2 Å². The zero-order chi connectivity index (χ0) is 17.7. The lowest BCUT2D eigenvalue weighted by atomic mass is 9.87. The van der Waals surface area contributed by atoms with Gasteiger partial charge < -0.3 is 10.2 Å². The summed E-state index contributed by atoms with van der Waals surface area (Å²) in [6.07, 6.45) is 4.04. The summed E-state index contributed by atoms with van der Waals surface area (Å²) >= 11 is 0. The summed E-state index contributed by atoms with van der Waals surface area (Å²) in [6, 6.07) is 8.97. The van der Waals surface area contributed by atoms with E-state index in [1.165, 1.54) is 0 Å². The van der Waals surface area contributed by atoms with Crippen molar-refractivity contribution in [3.8, 4) is 6.07 Å². The highest BCUT2D eigenvalue weighted by Gasteiger charge is 2.41. The molecule has 5 nitrogen and oxygen atoms in total. The fourth-order valence-corrected chi connectivity index (χ4v) is 3.10. The van der Waals surface area contributed by atoms with E-state index in [1.807, 2.05) is 11.0 Å². The van der Waals surface area contributed by atoms with Crippen LogP contribution in [-0.4, -0.2) is 29.3 Å². The van der Waals surface area contributed by atoms with Crippen LogP contribution in [0.2, 0.25) is 0 Å². The molecule has 0 saturated carbocycles. The number of carbonyl (C=O) groups excluding carboxylic acids is 2. The van der Waals surface area contributed by atoms with E-state index < -0.39 is 5.41 Å². The fraction of sp³-hybridized carbons (Fsp3) is 0.526. The van der Waals surface area contributed by atoms with Crippen LogP contribution in [0.5, 0.6) is 0 Å². The lowest BCUT2D eigenvalue weighted by Gasteiger charge is -2.39. The molecule has 0 aliphatic carbocycles. The van der Waals surface area contributed by atoms with Crippen molar-refractivity contribution in [2.45, 2.75) is 52.5 Å². The van der Waals surface area contributed by atoms with Gasteiger partial charge in [0.1, 0.15) is 5.41 Å². The lowest BCUT2D eigenvalue weighted by Crippen LogP contribution is -2.52. The van der Waals surface area contributed by atoms with Crippen LogP contribution in [0.3, 0.4) is 0 Å². The van der Waals surface area contributed by atoms with Gasteiger partial charge in [0.15, 0.2) is 0 Å². The number of hydrogen-bond donors (Lipinski definition) is 1. The number of piperidine rings is 1. The number of nitrogens with one attached hydrogen (secondary N) is 1. The van der Waals surface area contributed by atoms with Gasteiger partial charge in [0.2, 0.25) is 11.8 Å². The first-order valence-electron chi connectivity index (χ1n) is 8.52. The quantitative estimate of drug-likeness (QED) is 0.862. The highest BCUT2D eigenvalue weighted by Crippen LogP contribution is 2.28. The molecule has 1 aromatic carbocycles. The Kier molecular flexibility index (Phi) is 5.61. The summed E-state index contributed by atoms with van der Waals surface area (Å²) in [5.41, 5.74) is -0.141. The third-order valence-corrected chi connectivity index (χ3v) is 4.71. The average Bonchev–Trinajstić information content (AvgIpc) is 2.61. The maximum atomic E-state index is 13.0. The summed E-state index contributed by atoms with van der Waals surface area (Å²) in [5.74, 6) is -0.467. The van der Waals surface area contributed by atoms with Crippen molar-refractivity contribution in [1.29, 1.82) is 5.26 Å². The van der Waals surface area contributed by atoms with Crippen molar-refractivity contribution in [3.63, 3.8) is 0 Å². The molecule has 1 heterocycles. The minimum absolute atomic E-state index is 0.122. The predicted molar refractivity (Wildman–Crippen MR) is 93.2 cm³/mol. The van der Waals surface area contributed by atoms with Gasteiger partial charge in [-0.25, -0.2) is 0 Å². The number of amides is 2. The molecule has 1 aliphatic rings. The smallest absolute Gasteiger partial charge is 0.239 e. The monoisotopic (exact) mass is 327 g/mol. The van der Waals surface area contributed by atoms with Crippen molar-refractivity contribution in [3.05, 3.63) is 29.8 Å². The highest BCUT2D eigenvalue weighted by molar-refractivity contribution is 6.10. The van der Waals surface area contributed by atoms with Gasteiger partial charge >= 0.3 is 0 Å². The molecule has 0 radical (unpaired) electrons. The summed E-state index contributed by atoms with van der Waals surface area (Å²) in [7, 11) is 0. The molecule has 1 aromatic rings. The van der Waals surface area contributed by atoms with Gasteiger partial charge in [-0.3, -0.25) is 9.59 Å². The second kappa shape index (κ2) is 7.48. The molecular formula is C19H25N3O2. The largest absolute Gasteiger partial charge is 0.339 e. The van der Waals surface area contributed by atoms with Crippen LogP contribution in [0, 0.1) is 16.7 Å². The first kappa shape index (κ1) is 18.0. The van der Waals surface area contributed by atoms with E-state index in [1.54, 1.807) is 38.1 Å². The summed E-state index contributed by atoms with van der Waals surface area (Å²) in [6.45, 7) is 6.13. The maximum absolute atomic E-state index is 13.0. The highest BCUT2D eigenvalue weighted by atomic mass is 16.2. The van der Waals surface area contributed by atoms with Crippen LogP contribution in [0.4, 0.5) is 5.69 Å².